The lowest BCUT2D eigenvalue weighted by molar-refractivity contribution is 0.177. The van der Waals surface area contributed by atoms with Crippen LogP contribution in [0.3, 0.4) is 0 Å². The molecule has 0 heterocycles. The molecule has 0 saturated heterocycles. The quantitative estimate of drug-likeness (QED) is 0.614. The van der Waals surface area contributed by atoms with E-state index in [0.29, 0.717) is 11.5 Å². The minimum Gasteiger partial charge on any atom is -0.327 e. The first-order valence-corrected chi connectivity index (χ1v) is 4.98. The van der Waals surface area contributed by atoms with Crippen LogP contribution in [0.5, 0.6) is 0 Å². The van der Waals surface area contributed by atoms with E-state index in [0.717, 1.165) is 5.92 Å². The smallest absolute Gasteiger partial charge is 0.00763 e. The topological polar surface area (TPSA) is 26.0 Å². The highest BCUT2D eigenvalue weighted by Crippen LogP contribution is 2.52. The summed E-state index contributed by atoms with van der Waals surface area (Å²) in [5, 5.41) is 0. The second-order valence-electron chi connectivity index (χ2n) is 4.72. The second-order valence-corrected chi connectivity index (χ2v) is 4.72. The molecule has 0 amide bonds. The minimum absolute atomic E-state index is 0.554. The predicted molar refractivity (Wildman–Crippen MR) is 47.3 cm³/mol. The van der Waals surface area contributed by atoms with E-state index in [1.165, 1.54) is 38.5 Å². The van der Waals surface area contributed by atoms with Gasteiger partial charge in [0.25, 0.3) is 0 Å². The third kappa shape index (κ3) is 1.31. The summed E-state index contributed by atoms with van der Waals surface area (Å²) >= 11 is 0. The summed E-state index contributed by atoms with van der Waals surface area (Å²) in [6.07, 6.45) is 8.52. The average Bonchev–Trinajstić information content (AvgIpc) is 2.69. The van der Waals surface area contributed by atoms with E-state index in [4.69, 9.17) is 5.73 Å². The average molecular weight is 153 g/mol. The summed E-state index contributed by atoms with van der Waals surface area (Å²) in [6, 6.07) is 0.554. The summed E-state index contributed by atoms with van der Waals surface area (Å²) in [6.45, 7) is 2.45. The Kier molecular flexibility index (Phi) is 1.71. The zero-order chi connectivity index (χ0) is 7.90. The Bertz CT molecular complexity index is 147. The van der Waals surface area contributed by atoms with Crippen molar-refractivity contribution in [2.45, 2.75) is 51.5 Å². The van der Waals surface area contributed by atoms with E-state index in [2.05, 4.69) is 6.92 Å². The van der Waals surface area contributed by atoms with Crippen molar-refractivity contribution < 1.29 is 0 Å². The van der Waals surface area contributed by atoms with Gasteiger partial charge in [0.15, 0.2) is 0 Å². The van der Waals surface area contributed by atoms with Gasteiger partial charge in [-0.2, -0.15) is 0 Å². The lowest BCUT2D eigenvalue weighted by Gasteiger charge is -2.34. The summed E-state index contributed by atoms with van der Waals surface area (Å²) < 4.78 is 0. The zero-order valence-corrected chi connectivity index (χ0v) is 7.47. The van der Waals surface area contributed by atoms with Gasteiger partial charge in [-0.3, -0.25) is 0 Å². The molecule has 2 rings (SSSR count). The van der Waals surface area contributed by atoms with Crippen molar-refractivity contribution in [3.8, 4) is 0 Å². The van der Waals surface area contributed by atoms with Crippen molar-refractivity contribution in [3.63, 3.8) is 0 Å². The van der Waals surface area contributed by atoms with Crippen LogP contribution >= 0.6 is 0 Å². The molecule has 2 aliphatic carbocycles. The van der Waals surface area contributed by atoms with Gasteiger partial charge in [0.2, 0.25) is 0 Å². The number of hydrogen-bond donors (Lipinski definition) is 1. The van der Waals surface area contributed by atoms with Gasteiger partial charge in [0.05, 0.1) is 0 Å². The summed E-state index contributed by atoms with van der Waals surface area (Å²) in [4.78, 5) is 0. The molecule has 2 saturated carbocycles. The van der Waals surface area contributed by atoms with E-state index in [-0.39, 0.29) is 0 Å². The molecule has 2 atom stereocenters. The Balaban J connectivity index is 1.97. The zero-order valence-electron chi connectivity index (χ0n) is 7.47. The van der Waals surface area contributed by atoms with Gasteiger partial charge in [-0.1, -0.05) is 26.2 Å². The molecular weight excluding hydrogens is 134 g/mol. The van der Waals surface area contributed by atoms with Crippen molar-refractivity contribution in [2.24, 2.45) is 17.1 Å². The molecule has 1 nitrogen and oxygen atoms in total. The Hall–Kier alpha value is -0.0400. The van der Waals surface area contributed by atoms with Gasteiger partial charge in [-0.15, -0.1) is 0 Å². The number of rotatable bonds is 1. The van der Waals surface area contributed by atoms with Gasteiger partial charge < -0.3 is 5.73 Å². The van der Waals surface area contributed by atoms with Crippen LogP contribution in [0.25, 0.3) is 0 Å². The normalized spacial score (nSPS) is 42.0. The Labute approximate surface area is 69.4 Å². The molecule has 0 spiro atoms. The third-order valence-electron chi connectivity index (χ3n) is 3.73. The Morgan fingerprint density at radius 1 is 1.18 bits per heavy atom. The predicted octanol–water partition coefficient (Wildman–Crippen LogP) is 2.30. The van der Waals surface area contributed by atoms with Crippen molar-refractivity contribution in [1.29, 1.82) is 0 Å². The molecule has 11 heavy (non-hydrogen) atoms. The molecule has 0 bridgehead atoms. The summed E-state index contributed by atoms with van der Waals surface area (Å²) in [5.41, 5.74) is 6.52. The SMILES string of the molecule is CC1([C@@H]2C[C@H]2N)CCCCC1. The molecule has 0 unspecified atom stereocenters. The van der Waals surface area contributed by atoms with Crippen LogP contribution in [-0.4, -0.2) is 6.04 Å². The Morgan fingerprint density at radius 3 is 2.18 bits per heavy atom. The van der Waals surface area contributed by atoms with Crippen molar-refractivity contribution in [1.82, 2.24) is 0 Å². The van der Waals surface area contributed by atoms with Crippen LogP contribution in [0.1, 0.15) is 45.4 Å². The lowest BCUT2D eigenvalue weighted by Crippen LogP contribution is -2.25. The van der Waals surface area contributed by atoms with Gasteiger partial charge in [0, 0.05) is 6.04 Å². The summed E-state index contributed by atoms with van der Waals surface area (Å²) in [5.74, 6) is 0.878. The molecule has 0 aliphatic heterocycles. The number of hydrogen-bond acceptors (Lipinski definition) is 1. The maximum absolute atomic E-state index is 5.88. The molecule has 1 heteroatoms. The fourth-order valence-electron chi connectivity index (χ4n) is 2.75. The van der Waals surface area contributed by atoms with Crippen molar-refractivity contribution >= 4 is 0 Å². The van der Waals surface area contributed by atoms with Crippen LogP contribution < -0.4 is 5.73 Å². The molecule has 0 aromatic heterocycles. The van der Waals surface area contributed by atoms with Crippen molar-refractivity contribution in [2.75, 3.05) is 0 Å². The van der Waals surface area contributed by atoms with Gasteiger partial charge in [-0.25, -0.2) is 0 Å². The minimum atomic E-state index is 0.554. The maximum Gasteiger partial charge on any atom is 0.00763 e. The van der Waals surface area contributed by atoms with Gasteiger partial charge in [-0.05, 0) is 30.6 Å². The highest BCUT2D eigenvalue weighted by molar-refractivity contribution is 5.01. The van der Waals surface area contributed by atoms with E-state index in [1.54, 1.807) is 0 Å². The Morgan fingerprint density at radius 2 is 1.73 bits per heavy atom. The standard InChI is InChI=1S/C10H19N/c1-10(8-7-9(8)11)5-3-2-4-6-10/h8-9H,2-7,11H2,1H3/t8-,9-/m1/s1. The largest absolute Gasteiger partial charge is 0.327 e. The molecule has 2 fully saturated rings. The highest BCUT2D eigenvalue weighted by atomic mass is 14.8. The van der Waals surface area contributed by atoms with Crippen LogP contribution in [0, 0.1) is 11.3 Å². The lowest BCUT2D eigenvalue weighted by atomic mass is 9.72. The first-order chi connectivity index (χ1) is 5.22. The van der Waals surface area contributed by atoms with Crippen LogP contribution in [0.2, 0.25) is 0 Å². The van der Waals surface area contributed by atoms with Crippen LogP contribution in [0.4, 0.5) is 0 Å². The first kappa shape index (κ1) is 7.60. The monoisotopic (exact) mass is 153 g/mol. The van der Waals surface area contributed by atoms with E-state index in [9.17, 15) is 0 Å². The molecule has 2 aliphatic rings. The van der Waals surface area contributed by atoms with E-state index < -0.39 is 0 Å². The second kappa shape index (κ2) is 2.48. The molecule has 0 aromatic rings. The van der Waals surface area contributed by atoms with Crippen LogP contribution in [0.15, 0.2) is 0 Å². The fraction of sp³-hybridized carbons (Fsp3) is 1.00. The molecule has 0 aromatic carbocycles. The molecule has 0 radical (unpaired) electrons. The molecular formula is C10H19N. The molecule has 64 valence electrons. The number of nitrogens with two attached hydrogens (primary N) is 1. The van der Waals surface area contributed by atoms with Gasteiger partial charge >= 0.3 is 0 Å². The fourth-order valence-corrected chi connectivity index (χ4v) is 2.75. The highest BCUT2D eigenvalue weighted by Gasteiger charge is 2.47. The maximum atomic E-state index is 5.88. The summed E-state index contributed by atoms with van der Waals surface area (Å²) in [7, 11) is 0. The first-order valence-electron chi connectivity index (χ1n) is 4.98. The van der Waals surface area contributed by atoms with Gasteiger partial charge in [0.1, 0.15) is 0 Å². The third-order valence-corrected chi connectivity index (χ3v) is 3.73. The molecule has 2 N–H and O–H groups in total. The van der Waals surface area contributed by atoms with E-state index in [1.807, 2.05) is 0 Å². The van der Waals surface area contributed by atoms with Crippen molar-refractivity contribution in [3.05, 3.63) is 0 Å². The van der Waals surface area contributed by atoms with Crippen LogP contribution in [-0.2, 0) is 0 Å². The van der Waals surface area contributed by atoms with E-state index >= 15 is 0 Å².